The summed E-state index contributed by atoms with van der Waals surface area (Å²) in [6.07, 6.45) is 7.22. The maximum absolute atomic E-state index is 12.3. The lowest BCUT2D eigenvalue weighted by molar-refractivity contribution is -0.118. The van der Waals surface area contributed by atoms with Gasteiger partial charge in [0, 0.05) is 19.8 Å². The maximum atomic E-state index is 12.3. The van der Waals surface area contributed by atoms with Crippen LogP contribution in [0.2, 0.25) is 0 Å². The molecule has 0 aliphatic rings. The highest BCUT2D eigenvalue weighted by Gasteiger charge is 2.17. The van der Waals surface area contributed by atoms with Crippen LogP contribution in [0.25, 0.3) is 11.6 Å². The Balaban J connectivity index is 1.34. The molecule has 1 aromatic carbocycles. The minimum atomic E-state index is -0.0232. The molecule has 0 aliphatic heterocycles. The molecule has 1 amide bonds. The molecule has 9 heteroatoms. The van der Waals surface area contributed by atoms with Crippen LogP contribution in [-0.2, 0) is 24.8 Å². The van der Waals surface area contributed by atoms with Gasteiger partial charge in [0.1, 0.15) is 0 Å². The van der Waals surface area contributed by atoms with E-state index in [1.807, 2.05) is 54.3 Å². The van der Waals surface area contributed by atoms with Gasteiger partial charge in [0.05, 0.1) is 24.8 Å². The summed E-state index contributed by atoms with van der Waals surface area (Å²) in [5.74, 6) is 1.55. The van der Waals surface area contributed by atoms with Crippen molar-refractivity contribution < 1.29 is 9.21 Å². The van der Waals surface area contributed by atoms with E-state index in [1.165, 1.54) is 17.3 Å². The molecule has 3 heterocycles. The number of amides is 1. The minimum absolute atomic E-state index is 0.0232. The highest BCUT2D eigenvalue weighted by Crippen LogP contribution is 2.25. The van der Waals surface area contributed by atoms with E-state index in [0.29, 0.717) is 29.8 Å². The van der Waals surface area contributed by atoms with Crippen LogP contribution >= 0.6 is 11.8 Å². The molecule has 31 heavy (non-hydrogen) atoms. The van der Waals surface area contributed by atoms with Gasteiger partial charge >= 0.3 is 0 Å². The highest BCUT2D eigenvalue weighted by atomic mass is 32.2. The van der Waals surface area contributed by atoms with Crippen molar-refractivity contribution in [1.29, 1.82) is 0 Å². The van der Waals surface area contributed by atoms with E-state index in [0.717, 1.165) is 18.4 Å². The Labute approximate surface area is 184 Å². The second kappa shape index (κ2) is 10.1. The summed E-state index contributed by atoms with van der Waals surface area (Å²) in [7, 11) is 1.90. The van der Waals surface area contributed by atoms with Crippen LogP contribution < -0.4 is 5.32 Å². The predicted octanol–water partition coefficient (Wildman–Crippen LogP) is 3.16. The van der Waals surface area contributed by atoms with Crippen molar-refractivity contribution in [2.45, 2.75) is 24.5 Å². The highest BCUT2D eigenvalue weighted by molar-refractivity contribution is 7.99. The second-order valence-corrected chi connectivity index (χ2v) is 8.06. The molecule has 0 atom stereocenters. The van der Waals surface area contributed by atoms with Gasteiger partial charge in [-0.05, 0) is 36.1 Å². The predicted molar refractivity (Wildman–Crippen MR) is 119 cm³/mol. The van der Waals surface area contributed by atoms with Crippen LogP contribution in [0.4, 0.5) is 0 Å². The van der Waals surface area contributed by atoms with Crippen molar-refractivity contribution in [2.75, 3.05) is 12.3 Å². The molecule has 0 bridgehead atoms. The van der Waals surface area contributed by atoms with Gasteiger partial charge in [-0.25, -0.2) is 0 Å². The second-order valence-electron chi connectivity index (χ2n) is 7.12. The molecule has 4 aromatic rings. The van der Waals surface area contributed by atoms with E-state index in [1.54, 1.807) is 10.9 Å². The van der Waals surface area contributed by atoms with Crippen molar-refractivity contribution >= 4 is 17.7 Å². The fraction of sp³-hybridized carbons (Fsp3) is 0.273. The first kappa shape index (κ1) is 20.9. The fourth-order valence-corrected chi connectivity index (χ4v) is 3.96. The molecule has 4 rings (SSSR count). The standard InChI is InChI=1S/C22H24N6O2S/c1-27-14-18(13-24-27)9-5-11-23-20(29)16-31-22-26-25-21(19-10-6-12-30-19)28(22)15-17-7-3-2-4-8-17/h2-4,6-8,10,12-14H,5,9,11,15-16H2,1H3,(H,23,29). The number of carbonyl (C=O) groups is 1. The van der Waals surface area contributed by atoms with Crippen molar-refractivity contribution in [3.05, 3.63) is 72.2 Å². The average molecular weight is 437 g/mol. The Morgan fingerprint density at radius 1 is 1.13 bits per heavy atom. The zero-order chi connectivity index (χ0) is 21.5. The molecule has 160 valence electrons. The SMILES string of the molecule is Cn1cc(CCCNC(=O)CSc2nnc(-c3ccco3)n2Cc2ccccc2)cn1. The largest absolute Gasteiger partial charge is 0.461 e. The Kier molecular flexibility index (Phi) is 6.83. The van der Waals surface area contributed by atoms with E-state index in [4.69, 9.17) is 4.42 Å². The Hall–Kier alpha value is -3.33. The molecule has 0 saturated heterocycles. The van der Waals surface area contributed by atoms with Crippen molar-refractivity contribution in [1.82, 2.24) is 29.9 Å². The molecular weight excluding hydrogens is 412 g/mol. The lowest BCUT2D eigenvalue weighted by atomic mass is 10.2. The van der Waals surface area contributed by atoms with Crippen molar-refractivity contribution in [3.8, 4) is 11.6 Å². The number of thioether (sulfide) groups is 1. The first-order valence-corrected chi connectivity index (χ1v) is 11.1. The van der Waals surface area contributed by atoms with E-state index in [2.05, 4.69) is 32.7 Å². The number of rotatable bonds is 10. The smallest absolute Gasteiger partial charge is 0.230 e. The van der Waals surface area contributed by atoms with E-state index < -0.39 is 0 Å². The summed E-state index contributed by atoms with van der Waals surface area (Å²) < 4.78 is 9.29. The maximum Gasteiger partial charge on any atom is 0.230 e. The molecule has 0 unspecified atom stereocenters. The number of hydrogen-bond acceptors (Lipinski definition) is 6. The van der Waals surface area contributed by atoms with Crippen LogP contribution in [0.5, 0.6) is 0 Å². The summed E-state index contributed by atoms with van der Waals surface area (Å²) in [6, 6.07) is 13.8. The van der Waals surface area contributed by atoms with Crippen LogP contribution in [0.1, 0.15) is 17.5 Å². The number of hydrogen-bond donors (Lipinski definition) is 1. The number of benzene rings is 1. The molecule has 0 saturated carbocycles. The van der Waals surface area contributed by atoms with E-state index in [-0.39, 0.29) is 11.7 Å². The van der Waals surface area contributed by atoms with E-state index >= 15 is 0 Å². The average Bonchev–Trinajstić information content (AvgIpc) is 3.52. The summed E-state index contributed by atoms with van der Waals surface area (Å²) in [6.45, 7) is 1.22. The number of aryl methyl sites for hydroxylation is 2. The van der Waals surface area contributed by atoms with Gasteiger partial charge in [-0.1, -0.05) is 42.1 Å². The number of nitrogens with zero attached hydrogens (tertiary/aromatic N) is 5. The number of furan rings is 1. The van der Waals surface area contributed by atoms with Gasteiger partial charge in [-0.15, -0.1) is 10.2 Å². The third-order valence-electron chi connectivity index (χ3n) is 4.70. The monoisotopic (exact) mass is 436 g/mol. The Morgan fingerprint density at radius 2 is 2.00 bits per heavy atom. The zero-order valence-electron chi connectivity index (χ0n) is 17.3. The van der Waals surface area contributed by atoms with Gasteiger partial charge in [0.2, 0.25) is 11.7 Å². The number of aromatic nitrogens is 5. The zero-order valence-corrected chi connectivity index (χ0v) is 18.1. The quantitative estimate of drug-likeness (QED) is 0.303. The Morgan fingerprint density at radius 3 is 2.74 bits per heavy atom. The van der Waals surface area contributed by atoms with E-state index in [9.17, 15) is 4.79 Å². The van der Waals surface area contributed by atoms with Gasteiger partial charge in [-0.3, -0.25) is 14.0 Å². The summed E-state index contributed by atoms with van der Waals surface area (Å²) in [5.41, 5.74) is 2.29. The number of carbonyl (C=O) groups excluding carboxylic acids is 1. The van der Waals surface area contributed by atoms with Crippen LogP contribution in [0.3, 0.4) is 0 Å². The normalized spacial score (nSPS) is 11.0. The molecule has 0 aliphatic carbocycles. The first-order valence-electron chi connectivity index (χ1n) is 10.1. The van der Waals surface area contributed by atoms with Crippen molar-refractivity contribution in [3.63, 3.8) is 0 Å². The van der Waals surface area contributed by atoms with Gasteiger partial charge in [0.25, 0.3) is 0 Å². The Bertz CT molecular complexity index is 1100. The molecule has 0 radical (unpaired) electrons. The third kappa shape index (κ3) is 5.64. The summed E-state index contributed by atoms with van der Waals surface area (Å²) in [4.78, 5) is 12.3. The molecule has 0 spiro atoms. The minimum Gasteiger partial charge on any atom is -0.461 e. The van der Waals surface area contributed by atoms with Crippen molar-refractivity contribution in [2.24, 2.45) is 7.05 Å². The lowest BCUT2D eigenvalue weighted by Crippen LogP contribution is -2.26. The molecular formula is C22H24N6O2S. The van der Waals surface area contributed by atoms with Crippen LogP contribution in [0.15, 0.2) is 70.7 Å². The molecule has 1 N–H and O–H groups in total. The fourth-order valence-electron chi connectivity index (χ4n) is 3.19. The van der Waals surface area contributed by atoms with Gasteiger partial charge in [0.15, 0.2) is 10.9 Å². The third-order valence-corrected chi connectivity index (χ3v) is 5.66. The van der Waals surface area contributed by atoms with Crippen LogP contribution in [-0.4, -0.2) is 42.7 Å². The summed E-state index contributed by atoms with van der Waals surface area (Å²) in [5, 5.41) is 16.4. The topological polar surface area (TPSA) is 90.8 Å². The first-order chi connectivity index (χ1) is 15.2. The van der Waals surface area contributed by atoms with Crippen LogP contribution in [0, 0.1) is 0 Å². The van der Waals surface area contributed by atoms with Gasteiger partial charge < -0.3 is 9.73 Å². The lowest BCUT2D eigenvalue weighted by Gasteiger charge is -2.09. The molecule has 3 aromatic heterocycles. The molecule has 8 nitrogen and oxygen atoms in total. The van der Waals surface area contributed by atoms with Gasteiger partial charge in [-0.2, -0.15) is 5.10 Å². The molecule has 0 fully saturated rings. The number of nitrogens with one attached hydrogen (secondary N) is 1. The summed E-state index contributed by atoms with van der Waals surface area (Å²) >= 11 is 1.37.